The first-order valence-corrected chi connectivity index (χ1v) is 5.25. The van der Waals surface area contributed by atoms with Gasteiger partial charge in [-0.25, -0.2) is 0 Å². The fourth-order valence-corrected chi connectivity index (χ4v) is 1.27. The van der Waals surface area contributed by atoms with Gasteiger partial charge in [0.05, 0.1) is 6.61 Å². The van der Waals surface area contributed by atoms with Crippen molar-refractivity contribution in [2.45, 2.75) is 19.4 Å². The van der Waals surface area contributed by atoms with Gasteiger partial charge in [-0.05, 0) is 26.6 Å². The normalized spacial score (nSPS) is 13.1. The third-order valence-corrected chi connectivity index (χ3v) is 2.23. The Kier molecular flexibility index (Phi) is 8.27. The number of ether oxygens (including phenoxy) is 1. The van der Waals surface area contributed by atoms with E-state index in [-0.39, 0.29) is 0 Å². The molecule has 90 valence electrons. The summed E-state index contributed by atoms with van der Waals surface area (Å²) in [5, 5.41) is 11.8. The number of carboxylic acid groups (broad SMARTS) is 1. The zero-order valence-corrected chi connectivity index (χ0v) is 9.82. The highest BCUT2D eigenvalue weighted by molar-refractivity contribution is 5.73. The molecule has 0 rings (SSSR count). The first kappa shape index (κ1) is 14.3. The van der Waals surface area contributed by atoms with Gasteiger partial charge in [-0.2, -0.15) is 0 Å². The fraction of sp³-hybridized carbons (Fsp3) is 0.900. The van der Waals surface area contributed by atoms with Crippen LogP contribution in [0.1, 0.15) is 13.3 Å². The smallest absolute Gasteiger partial charge is 0.320 e. The molecule has 1 atom stereocenters. The highest BCUT2D eigenvalue weighted by atomic mass is 16.5. The number of methoxy groups -OCH3 is 1. The lowest BCUT2D eigenvalue weighted by Crippen LogP contribution is -2.39. The molecule has 5 nitrogen and oxygen atoms in total. The second kappa shape index (κ2) is 8.64. The third-order valence-electron chi connectivity index (χ3n) is 2.23. The van der Waals surface area contributed by atoms with E-state index in [0.717, 1.165) is 13.1 Å². The van der Waals surface area contributed by atoms with Crippen LogP contribution in [0.15, 0.2) is 0 Å². The van der Waals surface area contributed by atoms with Crippen LogP contribution >= 0.6 is 0 Å². The lowest BCUT2D eigenvalue weighted by Gasteiger charge is -2.19. The van der Waals surface area contributed by atoms with E-state index in [4.69, 9.17) is 9.84 Å². The van der Waals surface area contributed by atoms with Gasteiger partial charge in [-0.3, -0.25) is 4.79 Å². The molecule has 0 aliphatic rings. The predicted molar refractivity (Wildman–Crippen MR) is 59.1 cm³/mol. The van der Waals surface area contributed by atoms with E-state index >= 15 is 0 Å². The minimum Gasteiger partial charge on any atom is -0.480 e. The van der Waals surface area contributed by atoms with Gasteiger partial charge in [0.25, 0.3) is 0 Å². The van der Waals surface area contributed by atoms with Crippen LogP contribution in [0.4, 0.5) is 0 Å². The molecule has 0 aromatic carbocycles. The molecule has 1 unspecified atom stereocenters. The van der Waals surface area contributed by atoms with Crippen LogP contribution in [0.25, 0.3) is 0 Å². The molecule has 0 aliphatic carbocycles. The molecule has 0 aromatic rings. The third kappa shape index (κ3) is 7.30. The lowest BCUT2D eigenvalue weighted by atomic mass is 10.2. The van der Waals surface area contributed by atoms with Crippen molar-refractivity contribution in [3.05, 3.63) is 0 Å². The topological polar surface area (TPSA) is 61.8 Å². The lowest BCUT2D eigenvalue weighted by molar-refractivity contribution is -0.139. The van der Waals surface area contributed by atoms with E-state index in [1.807, 2.05) is 14.0 Å². The summed E-state index contributed by atoms with van der Waals surface area (Å²) in [6.45, 7) is 4.85. The summed E-state index contributed by atoms with van der Waals surface area (Å²) >= 11 is 0. The Bertz CT molecular complexity index is 176. The molecule has 2 N–H and O–H groups in total. The molecule has 0 saturated carbocycles. The number of aliphatic carboxylic acids is 1. The van der Waals surface area contributed by atoms with E-state index < -0.39 is 12.0 Å². The summed E-state index contributed by atoms with van der Waals surface area (Å²) in [7, 11) is 3.62. The van der Waals surface area contributed by atoms with Gasteiger partial charge < -0.3 is 20.1 Å². The monoisotopic (exact) mass is 218 g/mol. The first-order valence-electron chi connectivity index (χ1n) is 5.25. The van der Waals surface area contributed by atoms with E-state index in [1.54, 1.807) is 7.11 Å². The molecule has 5 heteroatoms. The molecule has 0 bridgehead atoms. The second-order valence-corrected chi connectivity index (χ2v) is 3.53. The second-order valence-electron chi connectivity index (χ2n) is 3.53. The van der Waals surface area contributed by atoms with E-state index in [2.05, 4.69) is 10.2 Å². The Morgan fingerprint density at radius 2 is 2.20 bits per heavy atom. The number of hydrogen-bond acceptors (Lipinski definition) is 4. The van der Waals surface area contributed by atoms with Crippen molar-refractivity contribution in [3.63, 3.8) is 0 Å². The van der Waals surface area contributed by atoms with Gasteiger partial charge in [0.1, 0.15) is 6.04 Å². The zero-order valence-electron chi connectivity index (χ0n) is 9.82. The summed E-state index contributed by atoms with van der Waals surface area (Å²) in [6, 6.07) is -0.444. The van der Waals surface area contributed by atoms with E-state index in [0.29, 0.717) is 19.6 Å². The molecule has 0 saturated heterocycles. The summed E-state index contributed by atoms with van der Waals surface area (Å²) in [6.07, 6.45) is 0.614. The van der Waals surface area contributed by atoms with Crippen LogP contribution in [0, 0.1) is 0 Å². The number of nitrogens with zero attached hydrogens (tertiary/aromatic N) is 1. The summed E-state index contributed by atoms with van der Waals surface area (Å²) < 4.78 is 4.94. The van der Waals surface area contributed by atoms with Gasteiger partial charge in [0, 0.05) is 13.7 Å². The average molecular weight is 218 g/mol. The maximum absolute atomic E-state index is 10.8. The standard InChI is InChI=1S/C10H22N2O3/c1-4-11-9(10(13)14)5-6-12(2)7-8-15-3/h9,11H,4-8H2,1-3H3,(H,13,14). The molecule has 15 heavy (non-hydrogen) atoms. The number of hydrogen-bond donors (Lipinski definition) is 2. The minimum atomic E-state index is -0.781. The first-order chi connectivity index (χ1) is 7.11. The van der Waals surface area contributed by atoms with Crippen molar-refractivity contribution in [2.24, 2.45) is 0 Å². The van der Waals surface area contributed by atoms with Crippen molar-refractivity contribution >= 4 is 5.97 Å². The molecule has 0 aliphatic heterocycles. The van der Waals surface area contributed by atoms with E-state index in [1.165, 1.54) is 0 Å². The highest BCUT2D eigenvalue weighted by Crippen LogP contribution is 1.95. The van der Waals surface area contributed by atoms with Crippen LogP contribution in [0.5, 0.6) is 0 Å². The zero-order chi connectivity index (χ0) is 11.7. The number of carboxylic acids is 1. The Balaban J connectivity index is 3.72. The summed E-state index contributed by atoms with van der Waals surface area (Å²) in [5.74, 6) is -0.781. The fourth-order valence-electron chi connectivity index (χ4n) is 1.27. The molecule has 0 heterocycles. The number of nitrogens with one attached hydrogen (secondary N) is 1. The van der Waals surface area contributed by atoms with Gasteiger partial charge in [-0.15, -0.1) is 0 Å². The quantitative estimate of drug-likeness (QED) is 0.571. The van der Waals surface area contributed by atoms with Gasteiger partial charge >= 0.3 is 5.97 Å². The maximum Gasteiger partial charge on any atom is 0.320 e. The molecule has 0 spiro atoms. The van der Waals surface area contributed by atoms with Crippen molar-refractivity contribution < 1.29 is 14.6 Å². The maximum atomic E-state index is 10.8. The van der Waals surface area contributed by atoms with Crippen molar-refractivity contribution in [1.29, 1.82) is 0 Å². The van der Waals surface area contributed by atoms with Gasteiger partial charge in [-0.1, -0.05) is 6.92 Å². The predicted octanol–water partition coefficient (Wildman–Crippen LogP) is 0.0174. The van der Waals surface area contributed by atoms with Crippen molar-refractivity contribution in [2.75, 3.05) is 40.4 Å². The largest absolute Gasteiger partial charge is 0.480 e. The minimum absolute atomic E-state index is 0.444. The van der Waals surface area contributed by atoms with Gasteiger partial charge in [0.2, 0.25) is 0 Å². The highest BCUT2D eigenvalue weighted by Gasteiger charge is 2.15. The SMILES string of the molecule is CCNC(CCN(C)CCOC)C(=O)O. The molecular weight excluding hydrogens is 196 g/mol. The average Bonchev–Trinajstić information content (AvgIpc) is 2.20. The molecule has 0 aromatic heterocycles. The Labute approximate surface area is 91.4 Å². The van der Waals surface area contributed by atoms with Crippen molar-refractivity contribution in [3.8, 4) is 0 Å². The summed E-state index contributed by atoms with van der Waals surface area (Å²) in [5.41, 5.74) is 0. The van der Waals surface area contributed by atoms with Crippen LogP contribution in [-0.4, -0.2) is 62.4 Å². The van der Waals surface area contributed by atoms with Gasteiger partial charge in [0.15, 0.2) is 0 Å². The molecule has 0 fully saturated rings. The summed E-state index contributed by atoms with van der Waals surface area (Å²) in [4.78, 5) is 12.9. The molecule has 0 amide bonds. The Morgan fingerprint density at radius 1 is 1.53 bits per heavy atom. The Morgan fingerprint density at radius 3 is 2.67 bits per heavy atom. The number of rotatable bonds is 9. The van der Waals surface area contributed by atoms with Crippen LogP contribution < -0.4 is 5.32 Å². The number of likely N-dealkylation sites (N-methyl/N-ethyl adjacent to an activating group) is 2. The van der Waals surface area contributed by atoms with Crippen molar-refractivity contribution in [1.82, 2.24) is 10.2 Å². The Hall–Kier alpha value is -0.650. The number of carbonyl (C=O) groups is 1. The molecule has 0 radical (unpaired) electrons. The molecular formula is C10H22N2O3. The van der Waals surface area contributed by atoms with E-state index in [9.17, 15) is 4.79 Å². The van der Waals surface area contributed by atoms with Crippen LogP contribution in [-0.2, 0) is 9.53 Å². The van der Waals surface area contributed by atoms with Crippen LogP contribution in [0.2, 0.25) is 0 Å². The van der Waals surface area contributed by atoms with Crippen LogP contribution in [0.3, 0.4) is 0 Å².